The molecular formula is C15H8NO4S. The lowest BCUT2D eigenvalue weighted by atomic mass is 10.0. The van der Waals surface area contributed by atoms with Crippen LogP contribution in [-0.4, -0.2) is 22.8 Å². The van der Waals surface area contributed by atoms with E-state index in [0.29, 0.717) is 4.88 Å². The fraction of sp³-hybridized carbons (Fsp3) is 0. The maximum atomic E-state index is 12.4. The van der Waals surface area contributed by atoms with Gasteiger partial charge in [-0.15, -0.1) is 11.3 Å². The zero-order valence-electron chi connectivity index (χ0n) is 10.6. The maximum Gasteiger partial charge on any atom is 0.252 e. The minimum Gasteiger partial charge on any atom is -0.461 e. The van der Waals surface area contributed by atoms with Crippen molar-refractivity contribution in [1.82, 2.24) is 4.98 Å². The van der Waals surface area contributed by atoms with Crippen molar-refractivity contribution in [2.24, 2.45) is 0 Å². The van der Waals surface area contributed by atoms with Gasteiger partial charge < -0.3 is 9.40 Å². The quantitative estimate of drug-likeness (QED) is 0.734. The summed E-state index contributed by atoms with van der Waals surface area (Å²) < 4.78 is 5.04. The summed E-state index contributed by atoms with van der Waals surface area (Å²) in [7, 11) is 0. The normalized spacial score (nSPS) is 10.5. The lowest BCUT2D eigenvalue weighted by Gasteiger charge is -2.00. The van der Waals surface area contributed by atoms with Gasteiger partial charge in [-0.2, -0.15) is 0 Å². The van der Waals surface area contributed by atoms with Crippen LogP contribution in [0.4, 0.5) is 0 Å². The van der Waals surface area contributed by atoms with Crippen LogP contribution in [0.5, 0.6) is 0 Å². The Kier molecular flexibility index (Phi) is 3.37. The second-order valence-corrected chi connectivity index (χ2v) is 5.11. The van der Waals surface area contributed by atoms with Crippen LogP contribution in [0.25, 0.3) is 0 Å². The van der Waals surface area contributed by atoms with Crippen LogP contribution in [0.15, 0.2) is 46.5 Å². The summed E-state index contributed by atoms with van der Waals surface area (Å²) in [6.45, 7) is 0. The maximum absolute atomic E-state index is 12.4. The van der Waals surface area contributed by atoms with Crippen molar-refractivity contribution in [2.45, 2.75) is 0 Å². The minimum absolute atomic E-state index is 0.0154. The Bertz CT molecular complexity index is 797. The first-order valence-corrected chi connectivity index (χ1v) is 6.86. The highest BCUT2D eigenvalue weighted by Crippen LogP contribution is 2.23. The van der Waals surface area contributed by atoms with Gasteiger partial charge in [0.2, 0.25) is 11.6 Å². The molecule has 1 N–H and O–H groups in total. The molecule has 0 amide bonds. The lowest BCUT2D eigenvalue weighted by Crippen LogP contribution is -2.09. The van der Waals surface area contributed by atoms with Crippen molar-refractivity contribution in [3.63, 3.8) is 0 Å². The number of ketones is 2. The molecule has 0 aromatic carbocycles. The molecule has 5 nitrogen and oxygen atoms in total. The largest absolute Gasteiger partial charge is 0.461 e. The van der Waals surface area contributed by atoms with E-state index in [0.717, 1.165) is 0 Å². The first-order chi connectivity index (χ1) is 10.2. The van der Waals surface area contributed by atoms with Crippen molar-refractivity contribution < 1.29 is 18.8 Å². The number of nitrogens with one attached hydrogen (secondary N) is 1. The summed E-state index contributed by atoms with van der Waals surface area (Å²) >= 11 is 1.26. The first-order valence-electron chi connectivity index (χ1n) is 5.98. The molecule has 21 heavy (non-hydrogen) atoms. The molecule has 3 heterocycles. The Balaban J connectivity index is 2.11. The number of carbonyl (C=O) groups is 2. The number of furan rings is 1. The van der Waals surface area contributed by atoms with Crippen LogP contribution in [-0.2, 0) is 4.79 Å². The number of hydrogen-bond acceptors (Lipinski definition) is 5. The van der Waals surface area contributed by atoms with E-state index in [9.17, 15) is 14.4 Å². The van der Waals surface area contributed by atoms with Crippen LogP contribution in [0.1, 0.15) is 37.0 Å². The van der Waals surface area contributed by atoms with Gasteiger partial charge in [0.1, 0.15) is 5.69 Å². The number of hydrogen-bond donors (Lipinski definition) is 1. The highest BCUT2D eigenvalue weighted by atomic mass is 32.1. The molecule has 0 bridgehead atoms. The van der Waals surface area contributed by atoms with Gasteiger partial charge in [0.25, 0.3) is 6.29 Å². The van der Waals surface area contributed by atoms with Crippen molar-refractivity contribution in [2.75, 3.05) is 0 Å². The topological polar surface area (TPSA) is 80.1 Å². The third-order valence-electron chi connectivity index (χ3n) is 2.94. The molecule has 0 saturated carbocycles. The van der Waals surface area contributed by atoms with Gasteiger partial charge in [-0.3, -0.25) is 14.4 Å². The van der Waals surface area contributed by atoms with E-state index in [1.54, 1.807) is 29.9 Å². The number of thiophene rings is 1. The second kappa shape index (κ2) is 5.34. The average Bonchev–Trinajstić information content (AvgIpc) is 3.26. The molecule has 0 aliphatic carbocycles. The Morgan fingerprint density at radius 3 is 2.67 bits per heavy atom. The SMILES string of the molecule is O=[C]c1[nH]cc(C(=O)c2cccs2)c1C(=O)c1ccco1. The summed E-state index contributed by atoms with van der Waals surface area (Å²) in [4.78, 5) is 38.9. The van der Waals surface area contributed by atoms with Crippen LogP contribution in [0.2, 0.25) is 0 Å². The van der Waals surface area contributed by atoms with Gasteiger partial charge in [0, 0.05) is 6.20 Å². The number of aromatic nitrogens is 1. The van der Waals surface area contributed by atoms with Gasteiger partial charge in [0.05, 0.1) is 22.3 Å². The third-order valence-corrected chi connectivity index (χ3v) is 3.81. The zero-order valence-corrected chi connectivity index (χ0v) is 11.4. The molecule has 3 aromatic heterocycles. The first kappa shape index (κ1) is 13.3. The molecule has 103 valence electrons. The summed E-state index contributed by atoms with van der Waals surface area (Å²) in [6, 6.07) is 6.44. The number of H-pyrrole nitrogens is 1. The second-order valence-electron chi connectivity index (χ2n) is 4.17. The lowest BCUT2D eigenvalue weighted by molar-refractivity contribution is 0.0990. The fourth-order valence-corrected chi connectivity index (χ4v) is 2.67. The number of carbonyl (C=O) groups excluding carboxylic acids is 3. The fourth-order valence-electron chi connectivity index (χ4n) is 1.99. The molecule has 0 atom stereocenters. The Morgan fingerprint density at radius 2 is 2.05 bits per heavy atom. The highest BCUT2D eigenvalue weighted by molar-refractivity contribution is 7.12. The predicted octanol–water partition coefficient (Wildman–Crippen LogP) is 2.59. The molecule has 0 spiro atoms. The van der Waals surface area contributed by atoms with Crippen molar-refractivity contribution in [3.05, 3.63) is 69.6 Å². The molecule has 3 rings (SSSR count). The van der Waals surface area contributed by atoms with Gasteiger partial charge in [-0.05, 0) is 23.6 Å². The van der Waals surface area contributed by atoms with Gasteiger partial charge >= 0.3 is 0 Å². The van der Waals surface area contributed by atoms with E-state index in [1.807, 2.05) is 0 Å². The van der Waals surface area contributed by atoms with E-state index >= 15 is 0 Å². The molecule has 6 heteroatoms. The minimum atomic E-state index is -0.528. The standard InChI is InChI=1S/C15H8NO4S/c17-8-10-13(15(19)11-3-1-5-20-11)9(7-16-10)14(18)12-4-2-6-21-12/h1-7,16H. The van der Waals surface area contributed by atoms with Gasteiger partial charge in [0.15, 0.2) is 5.76 Å². The third kappa shape index (κ3) is 2.25. The summed E-state index contributed by atoms with van der Waals surface area (Å²) in [5, 5.41) is 1.76. The Labute approximate surface area is 123 Å². The molecule has 0 fully saturated rings. The van der Waals surface area contributed by atoms with E-state index in [2.05, 4.69) is 4.98 Å². The predicted molar refractivity (Wildman–Crippen MR) is 75.5 cm³/mol. The molecule has 0 aliphatic heterocycles. The van der Waals surface area contributed by atoms with Crippen molar-refractivity contribution in [1.29, 1.82) is 0 Å². The van der Waals surface area contributed by atoms with Gasteiger partial charge in [-0.1, -0.05) is 6.07 Å². The molecular weight excluding hydrogens is 290 g/mol. The van der Waals surface area contributed by atoms with E-state index < -0.39 is 5.78 Å². The van der Waals surface area contributed by atoms with Crippen LogP contribution < -0.4 is 0 Å². The highest BCUT2D eigenvalue weighted by Gasteiger charge is 2.26. The average molecular weight is 298 g/mol. The van der Waals surface area contributed by atoms with Crippen molar-refractivity contribution >= 4 is 29.2 Å². The molecule has 0 saturated heterocycles. The van der Waals surface area contributed by atoms with E-state index in [-0.39, 0.29) is 28.4 Å². The van der Waals surface area contributed by atoms with Crippen molar-refractivity contribution in [3.8, 4) is 0 Å². The van der Waals surface area contributed by atoms with E-state index in [4.69, 9.17) is 4.42 Å². The van der Waals surface area contributed by atoms with Gasteiger partial charge in [-0.25, -0.2) is 0 Å². The monoisotopic (exact) mass is 298 g/mol. The Hall–Kier alpha value is -2.73. The molecule has 0 unspecified atom stereocenters. The van der Waals surface area contributed by atoms with Crippen LogP contribution in [0.3, 0.4) is 0 Å². The smallest absolute Gasteiger partial charge is 0.252 e. The summed E-state index contributed by atoms with van der Waals surface area (Å²) in [5.74, 6) is -0.788. The molecule has 1 radical (unpaired) electrons. The zero-order chi connectivity index (χ0) is 14.8. The van der Waals surface area contributed by atoms with Crippen LogP contribution >= 0.6 is 11.3 Å². The Morgan fingerprint density at radius 1 is 1.19 bits per heavy atom. The summed E-state index contributed by atoms with van der Waals surface area (Å²) in [6.07, 6.45) is 4.34. The summed E-state index contributed by atoms with van der Waals surface area (Å²) in [5.41, 5.74) is 0.0619. The number of aromatic amines is 1. The number of rotatable bonds is 5. The molecule has 3 aromatic rings. The van der Waals surface area contributed by atoms with E-state index in [1.165, 1.54) is 29.9 Å². The van der Waals surface area contributed by atoms with Crippen LogP contribution in [0, 0.1) is 0 Å². The molecule has 0 aliphatic rings.